The van der Waals surface area contributed by atoms with Gasteiger partial charge in [0.05, 0.1) is 19.6 Å². The Labute approximate surface area is 240 Å². The Bertz CT molecular complexity index is 1470. The number of carbonyl (C=O) groups is 2. The Kier molecular flexibility index (Phi) is 10.6. The van der Waals surface area contributed by atoms with Crippen LogP contribution in [0, 0.1) is 0 Å². The zero-order chi connectivity index (χ0) is 29.0. The minimum Gasteiger partial charge on any atom is -0.494 e. The predicted molar refractivity (Wildman–Crippen MR) is 162 cm³/mol. The Hall–Kier alpha value is -4.52. The summed E-state index contributed by atoms with van der Waals surface area (Å²) in [7, 11) is 0. The van der Waals surface area contributed by atoms with Crippen LogP contribution in [0.5, 0.6) is 11.5 Å². The molecule has 0 aliphatic heterocycles. The van der Waals surface area contributed by atoms with Crippen molar-refractivity contribution >= 4 is 35.0 Å². The molecule has 0 radical (unpaired) electrons. The summed E-state index contributed by atoms with van der Waals surface area (Å²) in [5.41, 5.74) is 4.83. The van der Waals surface area contributed by atoms with Crippen LogP contribution >= 0.6 is 0 Å². The van der Waals surface area contributed by atoms with E-state index in [-0.39, 0.29) is 12.8 Å². The molecule has 0 fully saturated rings. The van der Waals surface area contributed by atoms with Crippen LogP contribution in [0.3, 0.4) is 0 Å². The number of carboxylic acids is 2. The van der Waals surface area contributed by atoms with Crippen LogP contribution in [-0.2, 0) is 29.0 Å². The SMILES string of the molecule is CCc1ccc(OCCCCOc2ccc(C=Cc3cccc4c3c(CC(=O)O)cn4CCCC(=O)O)cc2)cc1. The van der Waals surface area contributed by atoms with E-state index in [0.717, 1.165) is 52.8 Å². The first-order valence-corrected chi connectivity index (χ1v) is 14.1. The van der Waals surface area contributed by atoms with E-state index in [1.54, 1.807) is 0 Å². The maximum atomic E-state index is 11.5. The first-order chi connectivity index (χ1) is 19.9. The van der Waals surface area contributed by atoms with Gasteiger partial charge in [0.1, 0.15) is 11.5 Å². The Morgan fingerprint density at radius 2 is 1.46 bits per heavy atom. The van der Waals surface area contributed by atoms with Crippen LogP contribution in [0.15, 0.2) is 72.9 Å². The summed E-state index contributed by atoms with van der Waals surface area (Å²) in [4.78, 5) is 22.5. The average Bonchev–Trinajstić information content (AvgIpc) is 3.31. The molecule has 0 saturated carbocycles. The topological polar surface area (TPSA) is 98.0 Å². The van der Waals surface area contributed by atoms with Gasteiger partial charge in [-0.25, -0.2) is 0 Å². The van der Waals surface area contributed by atoms with E-state index >= 15 is 0 Å². The molecule has 0 bridgehead atoms. The standard InChI is InChI=1S/C34H37NO6/c1-2-25-11-16-29(17-12-25)40-21-3-4-22-41-30-18-13-26(14-19-30)10-15-27-7-5-8-31-34(27)28(23-33(38)39)24-35(31)20-6-9-32(36)37/h5,7-8,10-19,24H,2-4,6,9,20-23H2,1H3,(H,36,37)(H,38,39). The number of benzene rings is 3. The van der Waals surface area contributed by atoms with Crippen molar-refractivity contribution in [3.8, 4) is 11.5 Å². The molecule has 1 heterocycles. The molecule has 0 unspecified atom stereocenters. The van der Waals surface area contributed by atoms with E-state index in [4.69, 9.17) is 14.6 Å². The molecule has 7 heteroatoms. The van der Waals surface area contributed by atoms with Crippen LogP contribution < -0.4 is 9.47 Å². The van der Waals surface area contributed by atoms with Crippen molar-refractivity contribution in [1.82, 2.24) is 4.57 Å². The second kappa shape index (κ2) is 14.7. The minimum absolute atomic E-state index is 0.0652. The van der Waals surface area contributed by atoms with E-state index in [0.29, 0.717) is 31.7 Å². The van der Waals surface area contributed by atoms with Gasteiger partial charge in [-0.3, -0.25) is 9.59 Å². The number of fused-ring (bicyclic) bond motifs is 1. The number of aliphatic carboxylic acids is 2. The predicted octanol–water partition coefficient (Wildman–Crippen LogP) is 7.10. The molecular weight excluding hydrogens is 518 g/mol. The van der Waals surface area contributed by atoms with Crippen molar-refractivity contribution in [3.63, 3.8) is 0 Å². The summed E-state index contributed by atoms with van der Waals surface area (Å²) in [5, 5.41) is 19.3. The van der Waals surface area contributed by atoms with Crippen LogP contribution in [0.25, 0.3) is 23.1 Å². The van der Waals surface area contributed by atoms with Crippen molar-refractivity contribution in [2.75, 3.05) is 13.2 Å². The highest BCUT2D eigenvalue weighted by molar-refractivity contribution is 5.96. The maximum Gasteiger partial charge on any atom is 0.307 e. The van der Waals surface area contributed by atoms with Crippen LogP contribution in [0.2, 0.25) is 0 Å². The summed E-state index contributed by atoms with van der Waals surface area (Å²) in [5.74, 6) is -0.0406. The van der Waals surface area contributed by atoms with Gasteiger partial charge in [0.2, 0.25) is 0 Å². The summed E-state index contributed by atoms with van der Waals surface area (Å²) >= 11 is 0. The molecular formula is C34H37NO6. The molecule has 4 aromatic rings. The fraction of sp³-hybridized carbons (Fsp3) is 0.294. The lowest BCUT2D eigenvalue weighted by Gasteiger charge is -2.08. The van der Waals surface area contributed by atoms with Crippen LogP contribution in [-0.4, -0.2) is 39.9 Å². The van der Waals surface area contributed by atoms with Crippen molar-refractivity contribution in [2.45, 2.75) is 52.0 Å². The fourth-order valence-corrected chi connectivity index (χ4v) is 4.76. The number of nitrogens with zero attached hydrogens (tertiary/aromatic N) is 1. The summed E-state index contributed by atoms with van der Waals surface area (Å²) in [6, 6.07) is 21.9. The lowest BCUT2D eigenvalue weighted by Crippen LogP contribution is -2.02. The van der Waals surface area contributed by atoms with Crippen LogP contribution in [0.4, 0.5) is 0 Å². The van der Waals surface area contributed by atoms with Crippen molar-refractivity contribution < 1.29 is 29.3 Å². The van der Waals surface area contributed by atoms with Gasteiger partial charge in [0, 0.05) is 30.1 Å². The monoisotopic (exact) mass is 555 g/mol. The number of aromatic nitrogens is 1. The van der Waals surface area contributed by atoms with Crippen molar-refractivity contribution in [3.05, 3.63) is 95.2 Å². The zero-order valence-electron chi connectivity index (χ0n) is 23.4. The molecule has 2 N–H and O–H groups in total. The number of hydrogen-bond donors (Lipinski definition) is 2. The molecule has 0 aliphatic rings. The van der Waals surface area contributed by atoms with E-state index in [9.17, 15) is 14.7 Å². The smallest absolute Gasteiger partial charge is 0.307 e. The van der Waals surface area contributed by atoms with E-state index in [1.165, 1.54) is 5.56 Å². The van der Waals surface area contributed by atoms with Gasteiger partial charge < -0.3 is 24.3 Å². The first kappa shape index (κ1) is 29.5. The average molecular weight is 556 g/mol. The van der Waals surface area contributed by atoms with Crippen molar-refractivity contribution in [1.29, 1.82) is 0 Å². The number of aryl methyl sites for hydroxylation is 2. The van der Waals surface area contributed by atoms with E-state index < -0.39 is 11.9 Å². The second-order valence-electron chi connectivity index (χ2n) is 9.96. The highest BCUT2D eigenvalue weighted by atomic mass is 16.5. The number of carboxylic acid groups (broad SMARTS) is 2. The highest BCUT2D eigenvalue weighted by Gasteiger charge is 2.14. The normalized spacial score (nSPS) is 11.2. The van der Waals surface area contributed by atoms with Gasteiger partial charge in [-0.05, 0) is 78.3 Å². The van der Waals surface area contributed by atoms with Gasteiger partial charge in [-0.1, -0.05) is 55.5 Å². The third-order valence-corrected chi connectivity index (χ3v) is 6.89. The molecule has 1 aromatic heterocycles. The minimum atomic E-state index is -0.904. The molecule has 214 valence electrons. The molecule has 7 nitrogen and oxygen atoms in total. The largest absolute Gasteiger partial charge is 0.494 e. The molecule has 3 aromatic carbocycles. The third-order valence-electron chi connectivity index (χ3n) is 6.89. The molecule has 4 rings (SSSR count). The zero-order valence-corrected chi connectivity index (χ0v) is 23.4. The first-order valence-electron chi connectivity index (χ1n) is 14.1. The molecule has 41 heavy (non-hydrogen) atoms. The number of ether oxygens (including phenoxy) is 2. The van der Waals surface area contributed by atoms with Crippen LogP contribution in [0.1, 0.15) is 54.9 Å². The highest BCUT2D eigenvalue weighted by Crippen LogP contribution is 2.28. The third kappa shape index (κ3) is 8.73. The second-order valence-corrected chi connectivity index (χ2v) is 9.96. The number of hydrogen-bond acceptors (Lipinski definition) is 4. The van der Waals surface area contributed by atoms with E-state index in [2.05, 4.69) is 19.1 Å². The summed E-state index contributed by atoms with van der Waals surface area (Å²) in [6.45, 7) is 3.92. The fourth-order valence-electron chi connectivity index (χ4n) is 4.76. The van der Waals surface area contributed by atoms with Gasteiger partial charge >= 0.3 is 11.9 Å². The molecule has 0 saturated heterocycles. The van der Waals surface area contributed by atoms with Gasteiger partial charge in [-0.15, -0.1) is 0 Å². The molecule has 0 amide bonds. The van der Waals surface area contributed by atoms with E-state index in [1.807, 2.05) is 77.5 Å². The quantitative estimate of drug-likeness (QED) is 0.113. The Morgan fingerprint density at radius 3 is 2.07 bits per heavy atom. The Morgan fingerprint density at radius 1 is 0.805 bits per heavy atom. The van der Waals surface area contributed by atoms with Crippen molar-refractivity contribution in [2.24, 2.45) is 0 Å². The van der Waals surface area contributed by atoms with Gasteiger partial charge in [0.15, 0.2) is 0 Å². The maximum absolute atomic E-state index is 11.5. The molecule has 0 spiro atoms. The molecule has 0 atom stereocenters. The number of unbranched alkanes of at least 4 members (excludes halogenated alkanes) is 1. The van der Waals surface area contributed by atoms with Gasteiger partial charge in [-0.2, -0.15) is 0 Å². The number of rotatable bonds is 16. The molecule has 0 aliphatic carbocycles. The van der Waals surface area contributed by atoms with Gasteiger partial charge in [0.25, 0.3) is 0 Å². The lowest BCUT2D eigenvalue weighted by molar-refractivity contribution is -0.137. The summed E-state index contributed by atoms with van der Waals surface area (Å²) in [6.07, 6.45) is 9.08. The Balaban J connectivity index is 1.32. The summed E-state index contributed by atoms with van der Waals surface area (Å²) < 4.78 is 13.6. The lowest BCUT2D eigenvalue weighted by atomic mass is 10.0.